The fourth-order valence-electron chi connectivity index (χ4n) is 19.1. The zero-order valence-corrected chi connectivity index (χ0v) is 54.6. The van der Waals surface area contributed by atoms with Gasteiger partial charge in [0.1, 0.15) is 146 Å². The van der Waals surface area contributed by atoms with E-state index in [0.29, 0.717) is 25.7 Å². The Bertz CT molecular complexity index is 2530. The first kappa shape index (κ1) is 76.8. The third-order valence-corrected chi connectivity index (χ3v) is 24.7. The molecule has 7 aliphatic heterocycles. The van der Waals surface area contributed by atoms with Crippen LogP contribution in [0.1, 0.15) is 85.5 Å². The second-order valence-corrected chi connectivity index (χ2v) is 30.1. The van der Waals surface area contributed by atoms with E-state index in [1.165, 1.54) is 0 Å². The summed E-state index contributed by atoms with van der Waals surface area (Å²) in [6.07, 6.45) is -50.8. The Morgan fingerprint density at radius 1 is 0.433 bits per heavy atom. The fraction of sp³-hybridized carbons (Fsp3) is 1.00. The summed E-state index contributed by atoms with van der Waals surface area (Å²) in [5.74, 6) is -1.83. The van der Waals surface area contributed by atoms with Gasteiger partial charge in [0, 0.05) is 18.3 Å². The van der Waals surface area contributed by atoms with E-state index in [-0.39, 0.29) is 65.0 Å². The Balaban J connectivity index is 0.771. The predicted molar refractivity (Wildman–Crippen MR) is 317 cm³/mol. The van der Waals surface area contributed by atoms with Gasteiger partial charge < -0.3 is 169 Å². The topological polar surface area (TPSA) is 556 Å². The molecule has 97 heavy (non-hydrogen) atoms. The lowest BCUT2D eigenvalue weighted by molar-refractivity contribution is -0.409. The molecule has 22 N–H and O–H groups in total. The molecule has 34 nitrogen and oxygen atoms in total. The summed E-state index contributed by atoms with van der Waals surface area (Å²) < 4.78 is 71.9. The van der Waals surface area contributed by atoms with Crippen LogP contribution in [0, 0.1) is 58.2 Å². The number of hydrogen-bond donors (Lipinski definition) is 22. The van der Waals surface area contributed by atoms with Gasteiger partial charge in [0.25, 0.3) is 0 Å². The van der Waals surface area contributed by atoms with Crippen molar-refractivity contribution in [2.75, 3.05) is 46.2 Å². The Hall–Kier alpha value is -1.36. The molecule has 11 fully saturated rings. The summed E-state index contributed by atoms with van der Waals surface area (Å²) in [5, 5.41) is 241. The number of aliphatic hydroxyl groups excluding tert-OH is 21. The van der Waals surface area contributed by atoms with Gasteiger partial charge in [-0.25, -0.2) is 0 Å². The van der Waals surface area contributed by atoms with Crippen LogP contribution in [-0.2, 0) is 56.8 Å². The lowest BCUT2D eigenvalue weighted by Crippen LogP contribution is -2.69. The average molecular weight is 1410 g/mol. The van der Waals surface area contributed by atoms with Crippen LogP contribution in [0.25, 0.3) is 0 Å². The molecule has 43 atom stereocenters. The minimum atomic E-state index is -2.26. The molecule has 7 heterocycles. The number of rotatable bonds is 21. The van der Waals surface area contributed by atoms with Gasteiger partial charge in [-0.2, -0.15) is 0 Å². The second kappa shape index (κ2) is 30.6. The first-order valence-electron chi connectivity index (χ1n) is 34.4. The van der Waals surface area contributed by atoms with Gasteiger partial charge >= 0.3 is 0 Å². The van der Waals surface area contributed by atoms with E-state index >= 15 is 0 Å². The number of hydrogen-bond acceptors (Lipinski definition) is 34. The van der Waals surface area contributed by atoms with Gasteiger partial charge in [-0.3, -0.25) is 0 Å². The molecule has 7 saturated heterocycles. The van der Waals surface area contributed by atoms with Gasteiger partial charge in [0.15, 0.2) is 37.2 Å². The summed E-state index contributed by atoms with van der Waals surface area (Å²) in [5.41, 5.74) is -0.562. The van der Waals surface area contributed by atoms with E-state index in [0.717, 1.165) is 32.1 Å². The van der Waals surface area contributed by atoms with Gasteiger partial charge in [0.2, 0.25) is 0 Å². The van der Waals surface area contributed by atoms with Crippen LogP contribution < -0.4 is 0 Å². The maximum Gasteiger partial charge on any atom is 0.187 e. The molecule has 11 rings (SSSR count). The minimum Gasteiger partial charge on any atom is -0.394 e. The van der Waals surface area contributed by atoms with Crippen LogP contribution in [0.4, 0.5) is 0 Å². The molecule has 4 aliphatic carbocycles. The van der Waals surface area contributed by atoms with Crippen molar-refractivity contribution < 1.29 is 169 Å². The van der Waals surface area contributed by atoms with Gasteiger partial charge in [-0.05, 0) is 97.7 Å². The molecular weight excluding hydrogens is 1300 g/mol. The first-order valence-corrected chi connectivity index (χ1v) is 34.4. The monoisotopic (exact) mass is 1410 g/mol. The summed E-state index contributed by atoms with van der Waals surface area (Å²) in [6.45, 7) is 3.21. The van der Waals surface area contributed by atoms with Crippen LogP contribution in [0.15, 0.2) is 0 Å². The SMILES string of the molecule is C[C@H](CCC1(O)O[C@H]2C[C@H]3[C@@H]4CC[C@H]5C[C@@H]([C@@H]6O[C@H](CO)[C@H](O[C@@H]7O[C@H](CO)[C@@H](O)[C@H](O[C@@H]8O[C@H](CO)[C@@H](O)[C@H](O)[C@H]8O)[C@H]7O[C@@H]7O[C@H](CO)[C@@H](O)[C@H](O[C@@H]8O[C@H](CO)[C@@H](O)[C@H](O)[C@H]8O)[C@H]7O)[C@H](O)[C@H]6O)[C@H](O)C[C@]5(C)[C@H]4CC[C@]3(C)[C@H]2[C@@H]1C)CO[C@@H]1O[C@H](CO)[C@@H](O)[C@H](O)[C@H]1O. The first-order chi connectivity index (χ1) is 45.9. The van der Waals surface area contributed by atoms with Gasteiger partial charge in [-0.1, -0.05) is 27.7 Å². The maximum absolute atomic E-state index is 12.4. The van der Waals surface area contributed by atoms with Crippen LogP contribution in [0.3, 0.4) is 0 Å². The molecule has 0 aromatic heterocycles. The number of fused-ring (bicyclic) bond motifs is 7. The molecule has 0 aromatic carbocycles. The zero-order chi connectivity index (χ0) is 70.4. The van der Waals surface area contributed by atoms with Gasteiger partial charge in [-0.15, -0.1) is 0 Å². The van der Waals surface area contributed by atoms with Crippen LogP contribution >= 0.6 is 0 Å². The number of aliphatic hydroxyl groups is 22. The van der Waals surface area contributed by atoms with Crippen molar-refractivity contribution >= 4 is 0 Å². The normalized spacial score (nSPS) is 55.9. The quantitative estimate of drug-likeness (QED) is 0.0507. The molecule has 34 heteroatoms. The Labute approximate surface area is 559 Å². The molecule has 0 radical (unpaired) electrons. The van der Waals surface area contributed by atoms with E-state index in [4.69, 9.17) is 56.8 Å². The van der Waals surface area contributed by atoms with Crippen molar-refractivity contribution in [1.29, 1.82) is 0 Å². The highest BCUT2D eigenvalue weighted by atomic mass is 16.8. The Kier molecular flexibility index (Phi) is 24.2. The standard InChI is InChI=1S/C63H106O34/c1-21(20-86-56-47(81)42(76)37(71)30(14-64)88-56)7-10-63(85)22(2)36-29(97-63)12-27-24-6-5-23-11-25(28(70)13-62(23,4)26(24)8-9-61(27,36)3)51-45(79)46(80)52(35(19-69)87-51)93-60-55(54(41(75)34(18-68)92-60)95-58-49(83)44(78)39(73)32(16-66)90-58)96-59-50(84)53(40(74)33(17-67)91-59)94-57-48(82)43(77)38(72)31(15-65)89-57/h21-60,64-85H,5-20H2,1-4H3/t21-,22+,23+,24-,25-,26+,27+,28-,29+,30-,31-,32-,33-,34-,35-,36+,37-,38-,39-,40-,41-,42+,43+,44+,45-,46-,47-,48-,49-,50-,51+,52+,53+,54+,55-,56-,57+,58+,59+,60+,61+,62+,63?/m1/s1. The molecule has 562 valence electrons. The van der Waals surface area contributed by atoms with Crippen molar-refractivity contribution in [3.63, 3.8) is 0 Å². The van der Waals surface area contributed by atoms with Crippen LogP contribution in [0.5, 0.6) is 0 Å². The minimum absolute atomic E-state index is 0.0102. The molecular formula is C63H106O34. The van der Waals surface area contributed by atoms with E-state index in [1.54, 1.807) is 0 Å². The smallest absolute Gasteiger partial charge is 0.187 e. The van der Waals surface area contributed by atoms with Crippen LogP contribution in [0.2, 0.25) is 0 Å². The van der Waals surface area contributed by atoms with Crippen molar-refractivity contribution in [2.24, 2.45) is 58.2 Å². The summed E-state index contributed by atoms with van der Waals surface area (Å²) in [6, 6.07) is 0. The molecule has 4 saturated carbocycles. The van der Waals surface area contributed by atoms with E-state index < -0.39 is 241 Å². The van der Waals surface area contributed by atoms with E-state index in [1.807, 2.05) is 13.8 Å². The van der Waals surface area contributed by atoms with E-state index in [9.17, 15) is 112 Å². The lowest BCUT2D eigenvalue weighted by atomic mass is 9.43. The second-order valence-electron chi connectivity index (χ2n) is 30.1. The highest BCUT2D eigenvalue weighted by Crippen LogP contribution is 2.71. The van der Waals surface area contributed by atoms with Crippen molar-refractivity contribution in [2.45, 2.75) is 288 Å². The lowest BCUT2D eigenvalue weighted by Gasteiger charge is -2.62. The predicted octanol–water partition coefficient (Wildman–Crippen LogP) is -9.06. The van der Waals surface area contributed by atoms with E-state index in [2.05, 4.69) is 13.8 Å². The molecule has 1 unspecified atom stereocenters. The Morgan fingerprint density at radius 2 is 0.907 bits per heavy atom. The highest BCUT2D eigenvalue weighted by molar-refractivity contribution is 5.16. The largest absolute Gasteiger partial charge is 0.394 e. The maximum atomic E-state index is 12.4. The van der Waals surface area contributed by atoms with Crippen molar-refractivity contribution in [3.8, 4) is 0 Å². The molecule has 0 spiro atoms. The molecule has 0 amide bonds. The summed E-state index contributed by atoms with van der Waals surface area (Å²) >= 11 is 0. The Morgan fingerprint density at radius 3 is 1.46 bits per heavy atom. The average Bonchev–Trinajstić information content (AvgIpc) is 1.59. The van der Waals surface area contributed by atoms with Crippen LogP contribution in [-0.4, -0.2) is 361 Å². The zero-order valence-electron chi connectivity index (χ0n) is 54.6. The highest BCUT2D eigenvalue weighted by Gasteiger charge is 2.70. The summed E-state index contributed by atoms with van der Waals surface area (Å²) in [4.78, 5) is 0. The third-order valence-electron chi connectivity index (χ3n) is 24.7. The molecule has 0 bridgehead atoms. The van der Waals surface area contributed by atoms with Crippen molar-refractivity contribution in [1.82, 2.24) is 0 Å². The fourth-order valence-corrected chi connectivity index (χ4v) is 19.1. The number of ether oxygens (including phenoxy) is 12. The summed E-state index contributed by atoms with van der Waals surface area (Å²) in [7, 11) is 0. The van der Waals surface area contributed by atoms with Gasteiger partial charge in [0.05, 0.1) is 64.6 Å². The molecule has 0 aromatic rings. The third kappa shape index (κ3) is 14.0. The molecule has 11 aliphatic rings. The van der Waals surface area contributed by atoms with Crippen molar-refractivity contribution in [3.05, 3.63) is 0 Å².